The minimum absolute atomic E-state index is 0.278. The van der Waals surface area contributed by atoms with E-state index in [-0.39, 0.29) is 11.2 Å². The standard InChI is InChI=1S/C15H14BrN3O2/c1-17-8-11-12(14(20)19(3)15(21)18(11)2)13(17)9-6-4-5-7-10(9)16/h4-8H,1-3H3. The summed E-state index contributed by atoms with van der Waals surface area (Å²) in [6.07, 6.45) is 1.81. The van der Waals surface area contributed by atoms with E-state index in [1.54, 1.807) is 7.05 Å². The SMILES string of the molecule is Cn1cc2c(c1-c1ccccc1Br)c(=O)n(C)c(=O)n2C. The third-order valence-electron chi connectivity index (χ3n) is 3.74. The fourth-order valence-corrected chi connectivity index (χ4v) is 3.11. The molecular weight excluding hydrogens is 334 g/mol. The molecule has 0 bridgehead atoms. The quantitative estimate of drug-likeness (QED) is 0.676. The second-order valence-corrected chi connectivity index (χ2v) is 5.89. The molecule has 0 radical (unpaired) electrons. The molecule has 3 aromatic rings. The number of benzene rings is 1. The lowest BCUT2D eigenvalue weighted by atomic mass is 10.1. The van der Waals surface area contributed by atoms with Crippen molar-refractivity contribution in [3.63, 3.8) is 0 Å². The molecule has 0 N–H and O–H groups in total. The van der Waals surface area contributed by atoms with Crippen LogP contribution in [0.3, 0.4) is 0 Å². The van der Waals surface area contributed by atoms with Crippen LogP contribution in [0, 0.1) is 0 Å². The summed E-state index contributed by atoms with van der Waals surface area (Å²) in [5, 5.41) is 0.550. The van der Waals surface area contributed by atoms with Gasteiger partial charge in [-0.1, -0.05) is 34.1 Å². The van der Waals surface area contributed by atoms with Crippen molar-refractivity contribution in [2.75, 3.05) is 0 Å². The highest BCUT2D eigenvalue weighted by Crippen LogP contribution is 2.32. The minimum Gasteiger partial charge on any atom is -0.348 e. The fourth-order valence-electron chi connectivity index (χ4n) is 2.64. The summed E-state index contributed by atoms with van der Waals surface area (Å²) < 4.78 is 5.43. The van der Waals surface area contributed by atoms with E-state index in [2.05, 4.69) is 15.9 Å². The van der Waals surface area contributed by atoms with Crippen LogP contribution >= 0.6 is 15.9 Å². The first-order chi connectivity index (χ1) is 9.93. The van der Waals surface area contributed by atoms with Crippen LogP contribution in [-0.4, -0.2) is 13.7 Å². The molecule has 0 atom stereocenters. The maximum atomic E-state index is 12.5. The molecule has 0 spiro atoms. The Hall–Kier alpha value is -2.08. The van der Waals surface area contributed by atoms with Gasteiger partial charge < -0.3 is 4.57 Å². The highest BCUT2D eigenvalue weighted by atomic mass is 79.9. The first-order valence-electron chi connectivity index (χ1n) is 6.43. The van der Waals surface area contributed by atoms with Crippen LogP contribution < -0.4 is 11.2 Å². The van der Waals surface area contributed by atoms with Gasteiger partial charge in [0.15, 0.2) is 0 Å². The summed E-state index contributed by atoms with van der Waals surface area (Å²) in [5.41, 5.74) is 1.76. The summed E-state index contributed by atoms with van der Waals surface area (Å²) >= 11 is 3.52. The highest BCUT2D eigenvalue weighted by Gasteiger charge is 2.18. The van der Waals surface area contributed by atoms with E-state index >= 15 is 0 Å². The van der Waals surface area contributed by atoms with Gasteiger partial charge in [0.25, 0.3) is 5.56 Å². The van der Waals surface area contributed by atoms with Crippen molar-refractivity contribution in [1.29, 1.82) is 0 Å². The Morgan fingerprint density at radius 1 is 1.00 bits per heavy atom. The van der Waals surface area contributed by atoms with Crippen LogP contribution in [0.5, 0.6) is 0 Å². The van der Waals surface area contributed by atoms with Crippen LogP contribution in [0.1, 0.15) is 0 Å². The largest absolute Gasteiger partial charge is 0.348 e. The fraction of sp³-hybridized carbons (Fsp3) is 0.200. The maximum absolute atomic E-state index is 12.5. The number of nitrogens with zero attached hydrogens (tertiary/aromatic N) is 3. The Balaban J connectivity index is 2.57. The molecule has 2 aromatic heterocycles. The summed E-state index contributed by atoms with van der Waals surface area (Å²) in [6.45, 7) is 0. The number of rotatable bonds is 1. The molecule has 0 saturated carbocycles. The molecular formula is C15H14BrN3O2. The zero-order valence-electron chi connectivity index (χ0n) is 11.9. The Bertz CT molecular complexity index is 979. The Morgan fingerprint density at radius 2 is 1.67 bits per heavy atom. The van der Waals surface area contributed by atoms with Crippen LogP contribution in [-0.2, 0) is 21.1 Å². The normalized spacial score (nSPS) is 11.2. The van der Waals surface area contributed by atoms with Gasteiger partial charge >= 0.3 is 5.69 Å². The predicted octanol–water partition coefficient (Wildman–Crippen LogP) is 2.01. The van der Waals surface area contributed by atoms with Gasteiger partial charge in [-0.3, -0.25) is 13.9 Å². The third-order valence-corrected chi connectivity index (χ3v) is 4.44. The van der Waals surface area contributed by atoms with Gasteiger partial charge in [-0.05, 0) is 6.07 Å². The van der Waals surface area contributed by atoms with Gasteiger partial charge in [0.1, 0.15) is 0 Å². The first-order valence-corrected chi connectivity index (χ1v) is 7.22. The summed E-state index contributed by atoms with van der Waals surface area (Å²) in [6, 6.07) is 7.72. The second kappa shape index (κ2) is 4.73. The molecule has 2 heterocycles. The van der Waals surface area contributed by atoms with E-state index in [0.717, 1.165) is 20.3 Å². The molecule has 1 aromatic carbocycles. The van der Waals surface area contributed by atoms with Gasteiger partial charge in [-0.15, -0.1) is 0 Å². The van der Waals surface area contributed by atoms with Crippen molar-refractivity contribution in [3.05, 3.63) is 55.8 Å². The molecule has 21 heavy (non-hydrogen) atoms. The Labute approximate surface area is 129 Å². The van der Waals surface area contributed by atoms with Crippen LogP contribution in [0.25, 0.3) is 22.2 Å². The molecule has 0 amide bonds. The first kappa shape index (κ1) is 13.9. The number of hydrogen-bond acceptors (Lipinski definition) is 2. The van der Waals surface area contributed by atoms with Crippen molar-refractivity contribution in [1.82, 2.24) is 13.7 Å². The van der Waals surface area contributed by atoms with E-state index < -0.39 is 0 Å². The number of halogens is 1. The van der Waals surface area contributed by atoms with Crippen molar-refractivity contribution in [2.45, 2.75) is 0 Å². The predicted molar refractivity (Wildman–Crippen MR) is 86.5 cm³/mol. The van der Waals surface area contributed by atoms with E-state index in [1.807, 2.05) is 42.1 Å². The van der Waals surface area contributed by atoms with Crippen molar-refractivity contribution >= 4 is 26.8 Å². The molecule has 0 saturated heterocycles. The number of hydrogen-bond donors (Lipinski definition) is 0. The van der Waals surface area contributed by atoms with Crippen LogP contribution in [0.2, 0.25) is 0 Å². The van der Waals surface area contributed by atoms with E-state index in [9.17, 15) is 9.59 Å². The van der Waals surface area contributed by atoms with Gasteiger partial charge in [-0.25, -0.2) is 4.79 Å². The summed E-state index contributed by atoms with van der Waals surface area (Å²) in [7, 11) is 5.05. The number of aryl methyl sites for hydroxylation is 2. The van der Waals surface area contributed by atoms with E-state index in [0.29, 0.717) is 10.9 Å². The monoisotopic (exact) mass is 347 g/mol. The molecule has 0 unspecified atom stereocenters. The Morgan fingerprint density at radius 3 is 2.33 bits per heavy atom. The van der Waals surface area contributed by atoms with Gasteiger partial charge in [0.05, 0.1) is 16.6 Å². The molecule has 108 valence electrons. The molecule has 5 nitrogen and oxygen atoms in total. The lowest BCUT2D eigenvalue weighted by Crippen LogP contribution is -2.36. The van der Waals surface area contributed by atoms with Gasteiger partial charge in [0, 0.05) is 37.4 Å². The number of fused-ring (bicyclic) bond motifs is 1. The molecule has 0 aliphatic rings. The molecule has 3 rings (SSSR count). The maximum Gasteiger partial charge on any atom is 0.330 e. The smallest absolute Gasteiger partial charge is 0.330 e. The van der Waals surface area contributed by atoms with Gasteiger partial charge in [-0.2, -0.15) is 0 Å². The highest BCUT2D eigenvalue weighted by molar-refractivity contribution is 9.10. The second-order valence-electron chi connectivity index (χ2n) is 5.03. The lowest BCUT2D eigenvalue weighted by Gasteiger charge is -2.08. The van der Waals surface area contributed by atoms with E-state index in [1.165, 1.54) is 11.6 Å². The molecule has 0 fully saturated rings. The Kier molecular flexibility index (Phi) is 3.13. The summed E-state index contributed by atoms with van der Waals surface area (Å²) in [4.78, 5) is 24.6. The van der Waals surface area contributed by atoms with E-state index in [4.69, 9.17) is 0 Å². The van der Waals surface area contributed by atoms with Crippen molar-refractivity contribution < 1.29 is 0 Å². The molecule has 6 heteroatoms. The zero-order valence-corrected chi connectivity index (χ0v) is 13.5. The van der Waals surface area contributed by atoms with Gasteiger partial charge in [0.2, 0.25) is 0 Å². The average molecular weight is 348 g/mol. The third kappa shape index (κ3) is 1.90. The topological polar surface area (TPSA) is 48.9 Å². The minimum atomic E-state index is -0.322. The van der Waals surface area contributed by atoms with Crippen molar-refractivity contribution in [3.8, 4) is 11.3 Å². The number of aromatic nitrogens is 3. The average Bonchev–Trinajstić information content (AvgIpc) is 2.81. The molecule has 0 aliphatic heterocycles. The summed E-state index contributed by atoms with van der Waals surface area (Å²) in [5.74, 6) is 0. The zero-order chi connectivity index (χ0) is 15.3. The van der Waals surface area contributed by atoms with Crippen LogP contribution in [0.15, 0.2) is 44.5 Å². The lowest BCUT2D eigenvalue weighted by molar-refractivity contribution is 0.714. The molecule has 0 aliphatic carbocycles. The van der Waals surface area contributed by atoms with Crippen molar-refractivity contribution in [2.24, 2.45) is 21.1 Å². The van der Waals surface area contributed by atoms with Crippen LogP contribution in [0.4, 0.5) is 0 Å².